The molecule has 0 aliphatic carbocycles. The van der Waals surface area contributed by atoms with Crippen molar-refractivity contribution in [3.63, 3.8) is 0 Å². The molecule has 30 heavy (non-hydrogen) atoms. The van der Waals surface area contributed by atoms with Gasteiger partial charge in [-0.25, -0.2) is 0 Å². The van der Waals surface area contributed by atoms with Crippen LogP contribution in [0.2, 0.25) is 0 Å². The van der Waals surface area contributed by atoms with Crippen LogP contribution in [0.3, 0.4) is 0 Å². The number of hydrogen-bond acceptors (Lipinski definition) is 4. The topological polar surface area (TPSA) is 66.8 Å². The molecule has 5 nitrogen and oxygen atoms in total. The van der Waals surface area contributed by atoms with E-state index in [2.05, 4.69) is 79.4 Å². The Morgan fingerprint density at radius 3 is 1.67 bits per heavy atom. The zero-order valence-corrected chi connectivity index (χ0v) is 18.8. The van der Waals surface area contributed by atoms with E-state index >= 15 is 0 Å². The summed E-state index contributed by atoms with van der Waals surface area (Å²) in [6.45, 7) is 4.67. The van der Waals surface area contributed by atoms with Crippen LogP contribution in [0.5, 0.6) is 0 Å². The summed E-state index contributed by atoms with van der Waals surface area (Å²) in [6, 6.07) is 23.4. The van der Waals surface area contributed by atoms with Gasteiger partial charge in [0, 0.05) is 18.1 Å². The number of benzene rings is 2. The lowest BCUT2D eigenvalue weighted by atomic mass is 9.96. The van der Waals surface area contributed by atoms with Crippen LogP contribution < -0.4 is 0 Å². The predicted molar refractivity (Wildman–Crippen MR) is 120 cm³/mol. The number of ether oxygens (including phenoxy) is 1. The quantitative estimate of drug-likeness (QED) is 0.695. The van der Waals surface area contributed by atoms with E-state index in [0.717, 1.165) is 0 Å². The molecule has 2 saturated heterocycles. The first-order valence-corrected chi connectivity index (χ1v) is 12.5. The van der Waals surface area contributed by atoms with E-state index in [-0.39, 0.29) is 6.10 Å². The summed E-state index contributed by atoms with van der Waals surface area (Å²) in [6.07, 6.45) is 6.13. The van der Waals surface area contributed by atoms with E-state index in [0.29, 0.717) is 30.5 Å². The van der Waals surface area contributed by atoms with Gasteiger partial charge in [-0.15, -0.1) is 0 Å². The van der Waals surface area contributed by atoms with Crippen LogP contribution in [0.25, 0.3) is 0 Å². The zero-order valence-electron chi connectivity index (χ0n) is 18.0. The first kappa shape index (κ1) is 22.9. The summed E-state index contributed by atoms with van der Waals surface area (Å²) < 4.78 is 32.6. The molecule has 2 aliphatic heterocycles. The van der Waals surface area contributed by atoms with Gasteiger partial charge in [-0.3, -0.25) is 9.45 Å². The zero-order chi connectivity index (χ0) is 21.7. The van der Waals surface area contributed by atoms with Gasteiger partial charge in [0.15, 0.2) is 0 Å². The molecule has 164 valence electrons. The van der Waals surface area contributed by atoms with E-state index < -0.39 is 10.1 Å². The summed E-state index contributed by atoms with van der Waals surface area (Å²) in [5, 5.41) is 0. The number of piperidine rings is 1. The first-order chi connectivity index (χ1) is 14.2. The van der Waals surface area contributed by atoms with E-state index in [1.807, 2.05) is 0 Å². The van der Waals surface area contributed by atoms with Crippen molar-refractivity contribution in [1.29, 1.82) is 0 Å². The van der Waals surface area contributed by atoms with Crippen molar-refractivity contribution < 1.29 is 17.7 Å². The van der Waals surface area contributed by atoms with Crippen molar-refractivity contribution >= 4 is 10.1 Å². The molecule has 4 rings (SSSR count). The molecule has 0 saturated carbocycles. The fourth-order valence-corrected chi connectivity index (χ4v) is 4.92. The van der Waals surface area contributed by atoms with Crippen molar-refractivity contribution in [2.45, 2.75) is 69.9 Å². The number of nitrogens with zero attached hydrogens (tertiary/aromatic N) is 1. The van der Waals surface area contributed by atoms with Crippen LogP contribution >= 0.6 is 0 Å². The van der Waals surface area contributed by atoms with Crippen molar-refractivity contribution in [2.24, 2.45) is 0 Å². The van der Waals surface area contributed by atoms with Crippen molar-refractivity contribution in [3.8, 4) is 0 Å². The van der Waals surface area contributed by atoms with Crippen LogP contribution in [-0.4, -0.2) is 48.4 Å². The molecule has 2 heterocycles. The molecule has 0 radical (unpaired) electrons. The first-order valence-electron chi connectivity index (χ1n) is 10.7. The predicted octanol–water partition coefficient (Wildman–Crippen LogP) is 4.70. The van der Waals surface area contributed by atoms with E-state index in [1.165, 1.54) is 36.8 Å². The van der Waals surface area contributed by atoms with Crippen LogP contribution in [0.4, 0.5) is 0 Å². The second-order valence-corrected chi connectivity index (χ2v) is 10.1. The van der Waals surface area contributed by atoms with Gasteiger partial charge in [-0.05, 0) is 50.7 Å². The molecule has 2 atom stereocenters. The highest BCUT2D eigenvalue weighted by molar-refractivity contribution is 7.85. The summed E-state index contributed by atoms with van der Waals surface area (Å²) in [4.78, 5) is 2.74. The van der Waals surface area contributed by atoms with Gasteiger partial charge in [0.25, 0.3) is 10.1 Å². The molecule has 2 aromatic rings. The molecule has 2 fully saturated rings. The van der Waals surface area contributed by atoms with Crippen LogP contribution in [-0.2, 0) is 14.9 Å². The van der Waals surface area contributed by atoms with Crippen molar-refractivity contribution in [3.05, 3.63) is 71.8 Å². The lowest BCUT2D eigenvalue weighted by Gasteiger charge is -2.42. The number of hydrogen-bond donors (Lipinski definition) is 1. The second-order valence-electron chi connectivity index (χ2n) is 8.59. The maximum atomic E-state index is 9.19. The highest BCUT2D eigenvalue weighted by Crippen LogP contribution is 2.40. The molecule has 6 heteroatoms. The third-order valence-corrected chi connectivity index (χ3v) is 5.88. The maximum absolute atomic E-state index is 9.19. The Kier molecular flexibility index (Phi) is 7.69. The summed E-state index contributed by atoms with van der Waals surface area (Å²) in [7, 11) is -3.67. The van der Waals surface area contributed by atoms with E-state index in [4.69, 9.17) is 9.29 Å². The molecule has 0 spiro atoms. The van der Waals surface area contributed by atoms with Gasteiger partial charge in [-0.2, -0.15) is 8.42 Å². The third kappa shape index (κ3) is 6.38. The normalized spacial score (nSPS) is 24.0. The Morgan fingerprint density at radius 1 is 0.900 bits per heavy atom. The largest absolute Gasteiger partial charge is 0.365 e. The molecule has 2 aromatic carbocycles. The number of fused-ring (bicyclic) bond motifs is 2. The fraction of sp³-hybridized carbons (Fsp3) is 0.500. The van der Waals surface area contributed by atoms with Gasteiger partial charge >= 0.3 is 0 Å². The molecule has 2 bridgehead atoms. The maximum Gasteiger partial charge on any atom is 0.261 e. The highest BCUT2D eigenvalue weighted by atomic mass is 32.2. The number of rotatable bonds is 5. The Hall–Kier alpha value is -1.73. The summed E-state index contributed by atoms with van der Waals surface area (Å²) >= 11 is 0. The average Bonchev–Trinajstić information content (AvgIpc) is 2.97. The highest BCUT2D eigenvalue weighted by Gasteiger charge is 2.42. The van der Waals surface area contributed by atoms with Crippen LogP contribution in [0.15, 0.2) is 60.7 Å². The minimum atomic E-state index is -3.67. The van der Waals surface area contributed by atoms with Gasteiger partial charge < -0.3 is 4.74 Å². The molecule has 0 amide bonds. The summed E-state index contributed by atoms with van der Waals surface area (Å²) in [5.74, 6) is 0. The van der Waals surface area contributed by atoms with E-state index in [9.17, 15) is 8.42 Å². The van der Waals surface area contributed by atoms with Crippen LogP contribution in [0, 0.1) is 0 Å². The molecular formula is C24H33NO4S. The minimum Gasteiger partial charge on any atom is -0.365 e. The van der Waals surface area contributed by atoms with Gasteiger partial charge in [0.2, 0.25) is 0 Å². The smallest absolute Gasteiger partial charge is 0.261 e. The fourth-order valence-electron chi connectivity index (χ4n) is 4.92. The van der Waals surface area contributed by atoms with E-state index in [1.54, 1.807) is 0 Å². The van der Waals surface area contributed by atoms with Gasteiger partial charge in [-0.1, -0.05) is 60.7 Å². The second kappa shape index (κ2) is 10.1. The Labute approximate surface area is 180 Å². The molecule has 1 N–H and O–H groups in total. The third-order valence-electron chi connectivity index (χ3n) is 5.88. The minimum absolute atomic E-state index is 0.0393. The lowest BCUT2D eigenvalue weighted by Crippen LogP contribution is -2.48. The molecule has 2 aliphatic rings. The molecular weight excluding hydrogens is 398 g/mol. The Balaban J connectivity index is 0.000000461. The lowest BCUT2D eigenvalue weighted by molar-refractivity contribution is -0.0548. The van der Waals surface area contributed by atoms with Crippen LogP contribution in [0.1, 0.15) is 56.8 Å². The SMILES string of the molecule is CC(C)N1C2CCC1CC(OC(c1ccccc1)c1ccccc1)C2.CS(=O)(=O)O. The monoisotopic (exact) mass is 431 g/mol. The summed E-state index contributed by atoms with van der Waals surface area (Å²) in [5.41, 5.74) is 2.51. The Bertz CT molecular complexity index is 824. The Morgan fingerprint density at radius 2 is 1.30 bits per heavy atom. The van der Waals surface area contributed by atoms with Gasteiger partial charge in [0.05, 0.1) is 12.4 Å². The van der Waals surface area contributed by atoms with Gasteiger partial charge in [0.1, 0.15) is 6.10 Å². The van der Waals surface area contributed by atoms with Crippen molar-refractivity contribution in [1.82, 2.24) is 4.90 Å². The molecule has 2 unspecified atom stereocenters. The standard InChI is InChI=1S/C23H29NO.CH4O3S/c1-17(2)24-20-13-14-21(24)16-22(15-20)25-23(18-9-5-3-6-10-18)19-11-7-4-8-12-19;1-5(2,3)4/h3-12,17,20-23H,13-16H2,1-2H3;1H3,(H,2,3,4). The molecule has 0 aromatic heterocycles. The van der Waals surface area contributed by atoms with Crippen molar-refractivity contribution in [2.75, 3.05) is 6.26 Å². The average molecular weight is 432 g/mol.